The van der Waals surface area contributed by atoms with Gasteiger partial charge < -0.3 is 10.6 Å². The smallest absolute Gasteiger partial charge is 0.263 e. The van der Waals surface area contributed by atoms with Crippen LogP contribution in [0.15, 0.2) is 36.0 Å². The van der Waals surface area contributed by atoms with E-state index in [0.717, 1.165) is 6.42 Å². The number of rotatable bonds is 7. The van der Waals surface area contributed by atoms with E-state index in [9.17, 15) is 4.79 Å². The Morgan fingerprint density at radius 2 is 2.15 bits per heavy atom. The van der Waals surface area contributed by atoms with Crippen LogP contribution in [0, 0.1) is 18.3 Å². The van der Waals surface area contributed by atoms with E-state index in [4.69, 9.17) is 16.9 Å². The van der Waals surface area contributed by atoms with E-state index < -0.39 is 5.91 Å². The molecule has 4 nitrogen and oxygen atoms in total. The lowest BCUT2D eigenvalue weighted by atomic mass is 10.1. The standard InChI is InChI=1S/C15H18ClN3O/c1-12-4-2-3-5-13(12)6-8-18-11-14(10-17)15(20)19-9-7-16/h2-5,11,18H,6-9H2,1H3,(H,19,20)/b14-11-. The minimum atomic E-state index is -0.406. The Balaban J connectivity index is 2.45. The molecule has 5 heteroatoms. The topological polar surface area (TPSA) is 64.9 Å². The van der Waals surface area contributed by atoms with Crippen LogP contribution in [0.5, 0.6) is 0 Å². The molecule has 0 bridgehead atoms. The fourth-order valence-corrected chi connectivity index (χ4v) is 1.77. The Bertz CT molecular complexity index is 520. The molecule has 1 amide bonds. The molecule has 0 saturated heterocycles. The number of alkyl halides is 1. The van der Waals surface area contributed by atoms with E-state index in [1.54, 1.807) is 0 Å². The Morgan fingerprint density at radius 1 is 1.40 bits per heavy atom. The number of nitrogens with one attached hydrogen (secondary N) is 2. The van der Waals surface area contributed by atoms with Crippen molar-refractivity contribution in [2.45, 2.75) is 13.3 Å². The van der Waals surface area contributed by atoms with Crippen molar-refractivity contribution in [2.75, 3.05) is 19.0 Å². The number of carbonyl (C=O) groups excluding carboxylic acids is 1. The lowest BCUT2D eigenvalue weighted by molar-refractivity contribution is -0.117. The summed E-state index contributed by atoms with van der Waals surface area (Å²) in [6.07, 6.45) is 2.28. The number of halogens is 1. The average Bonchev–Trinajstić information content (AvgIpc) is 2.46. The number of benzene rings is 1. The highest BCUT2D eigenvalue weighted by Crippen LogP contribution is 2.06. The predicted octanol–water partition coefficient (Wildman–Crippen LogP) is 1.89. The van der Waals surface area contributed by atoms with Gasteiger partial charge in [0.25, 0.3) is 5.91 Å². The van der Waals surface area contributed by atoms with Crippen LogP contribution < -0.4 is 10.6 Å². The van der Waals surface area contributed by atoms with E-state index in [-0.39, 0.29) is 5.57 Å². The van der Waals surface area contributed by atoms with Crippen molar-refractivity contribution in [3.8, 4) is 6.07 Å². The minimum Gasteiger partial charge on any atom is -0.389 e. The first-order chi connectivity index (χ1) is 9.69. The van der Waals surface area contributed by atoms with E-state index in [2.05, 4.69) is 29.7 Å². The zero-order valence-electron chi connectivity index (χ0n) is 11.4. The lowest BCUT2D eigenvalue weighted by Crippen LogP contribution is -2.27. The molecule has 2 N–H and O–H groups in total. The number of aryl methyl sites for hydroxylation is 1. The highest BCUT2D eigenvalue weighted by molar-refractivity contribution is 6.18. The van der Waals surface area contributed by atoms with Crippen molar-refractivity contribution in [1.82, 2.24) is 10.6 Å². The molecule has 0 atom stereocenters. The molecule has 0 fully saturated rings. The molecule has 0 aliphatic heterocycles. The monoisotopic (exact) mass is 291 g/mol. The molecule has 0 aromatic heterocycles. The molecular formula is C15H18ClN3O. The Hall–Kier alpha value is -1.99. The minimum absolute atomic E-state index is 0.0555. The van der Waals surface area contributed by atoms with Crippen LogP contribution in [0.1, 0.15) is 11.1 Å². The van der Waals surface area contributed by atoms with Gasteiger partial charge in [0.15, 0.2) is 0 Å². The van der Waals surface area contributed by atoms with Crippen molar-refractivity contribution in [3.05, 3.63) is 47.2 Å². The van der Waals surface area contributed by atoms with Crippen molar-refractivity contribution >= 4 is 17.5 Å². The first-order valence-electron chi connectivity index (χ1n) is 6.41. The molecule has 0 spiro atoms. The number of carbonyl (C=O) groups is 1. The Morgan fingerprint density at radius 3 is 2.80 bits per heavy atom. The largest absolute Gasteiger partial charge is 0.389 e. The third-order valence-corrected chi connectivity index (χ3v) is 2.98. The van der Waals surface area contributed by atoms with Gasteiger partial charge in [-0.25, -0.2) is 0 Å². The van der Waals surface area contributed by atoms with Gasteiger partial charge >= 0.3 is 0 Å². The molecule has 0 aliphatic carbocycles. The lowest BCUT2D eigenvalue weighted by Gasteiger charge is -2.06. The SMILES string of the molecule is Cc1ccccc1CCN/C=C(/C#N)C(=O)NCCCl. The zero-order valence-corrected chi connectivity index (χ0v) is 12.2. The summed E-state index contributed by atoms with van der Waals surface area (Å²) in [7, 11) is 0. The highest BCUT2D eigenvalue weighted by atomic mass is 35.5. The van der Waals surface area contributed by atoms with E-state index in [1.165, 1.54) is 17.3 Å². The molecular weight excluding hydrogens is 274 g/mol. The van der Waals surface area contributed by atoms with E-state index in [1.807, 2.05) is 18.2 Å². The van der Waals surface area contributed by atoms with Crippen LogP contribution in [-0.4, -0.2) is 24.9 Å². The van der Waals surface area contributed by atoms with E-state index >= 15 is 0 Å². The number of nitriles is 1. The molecule has 1 aromatic carbocycles. The molecule has 0 radical (unpaired) electrons. The molecule has 0 saturated carbocycles. The van der Waals surface area contributed by atoms with Gasteiger partial charge in [-0.05, 0) is 24.5 Å². The first-order valence-corrected chi connectivity index (χ1v) is 6.94. The molecule has 20 heavy (non-hydrogen) atoms. The molecule has 0 heterocycles. The molecule has 1 rings (SSSR count). The average molecular weight is 292 g/mol. The van der Waals surface area contributed by atoms with Crippen molar-refractivity contribution < 1.29 is 4.79 Å². The van der Waals surface area contributed by atoms with Crippen LogP contribution >= 0.6 is 11.6 Å². The Kier molecular flexibility index (Phi) is 7.23. The van der Waals surface area contributed by atoms with Crippen LogP contribution in [0.4, 0.5) is 0 Å². The second-order valence-corrected chi connectivity index (χ2v) is 4.62. The highest BCUT2D eigenvalue weighted by Gasteiger charge is 2.06. The van der Waals surface area contributed by atoms with Crippen LogP contribution in [-0.2, 0) is 11.2 Å². The van der Waals surface area contributed by atoms with Gasteiger partial charge in [0, 0.05) is 25.2 Å². The quantitative estimate of drug-likeness (QED) is 0.349. The summed E-state index contributed by atoms with van der Waals surface area (Å²) in [6, 6.07) is 9.99. The maximum atomic E-state index is 11.6. The zero-order chi connectivity index (χ0) is 14.8. The summed E-state index contributed by atoms with van der Waals surface area (Å²) in [6.45, 7) is 3.08. The number of hydrogen-bond acceptors (Lipinski definition) is 3. The van der Waals surface area contributed by atoms with Crippen molar-refractivity contribution in [2.24, 2.45) is 0 Å². The third-order valence-electron chi connectivity index (χ3n) is 2.79. The van der Waals surface area contributed by atoms with Gasteiger partial charge in [-0.1, -0.05) is 24.3 Å². The third kappa shape index (κ3) is 5.33. The van der Waals surface area contributed by atoms with Gasteiger partial charge in [-0.2, -0.15) is 5.26 Å². The van der Waals surface area contributed by atoms with Crippen molar-refractivity contribution in [3.63, 3.8) is 0 Å². The normalized spacial score (nSPS) is 10.8. The summed E-state index contributed by atoms with van der Waals surface area (Å²) in [5.41, 5.74) is 2.54. The van der Waals surface area contributed by atoms with Gasteiger partial charge in [0.2, 0.25) is 0 Å². The number of nitrogens with zero attached hydrogens (tertiary/aromatic N) is 1. The predicted molar refractivity (Wildman–Crippen MR) is 80.3 cm³/mol. The van der Waals surface area contributed by atoms with Crippen LogP contribution in [0.2, 0.25) is 0 Å². The summed E-state index contributed by atoms with van der Waals surface area (Å²) >= 11 is 5.47. The second-order valence-electron chi connectivity index (χ2n) is 4.25. The summed E-state index contributed by atoms with van der Waals surface area (Å²) < 4.78 is 0. The maximum absolute atomic E-state index is 11.6. The van der Waals surface area contributed by atoms with Gasteiger partial charge in [0.05, 0.1) is 0 Å². The number of hydrogen-bond donors (Lipinski definition) is 2. The summed E-state index contributed by atoms with van der Waals surface area (Å²) in [5, 5.41) is 14.4. The summed E-state index contributed by atoms with van der Waals surface area (Å²) in [4.78, 5) is 11.6. The fraction of sp³-hybridized carbons (Fsp3) is 0.333. The molecule has 1 aromatic rings. The second kappa shape index (κ2) is 9.00. The Labute approximate surface area is 124 Å². The van der Waals surface area contributed by atoms with Gasteiger partial charge in [0.1, 0.15) is 11.6 Å². The van der Waals surface area contributed by atoms with Crippen LogP contribution in [0.25, 0.3) is 0 Å². The fourth-order valence-electron chi connectivity index (χ4n) is 1.68. The van der Waals surface area contributed by atoms with Crippen molar-refractivity contribution in [1.29, 1.82) is 5.26 Å². The first kappa shape index (κ1) is 16.1. The van der Waals surface area contributed by atoms with Gasteiger partial charge in [-0.15, -0.1) is 11.6 Å². The van der Waals surface area contributed by atoms with E-state index in [0.29, 0.717) is 19.0 Å². The molecule has 0 aliphatic rings. The maximum Gasteiger partial charge on any atom is 0.263 e. The van der Waals surface area contributed by atoms with Gasteiger partial charge in [-0.3, -0.25) is 4.79 Å². The number of amides is 1. The molecule has 0 unspecified atom stereocenters. The summed E-state index contributed by atoms with van der Waals surface area (Å²) in [5.74, 6) is -0.0814. The molecule has 106 valence electrons. The van der Waals surface area contributed by atoms with Crippen LogP contribution in [0.3, 0.4) is 0 Å².